The highest BCUT2D eigenvalue weighted by Gasteiger charge is 2.57. The maximum Gasteiger partial charge on any atom is 0.409 e. The molecule has 1 saturated carbocycles. The minimum absolute atomic E-state index is 0.00567. The Morgan fingerprint density at radius 1 is 0.980 bits per heavy atom. The van der Waals surface area contributed by atoms with Crippen LogP contribution in [0.3, 0.4) is 0 Å². The van der Waals surface area contributed by atoms with Crippen LogP contribution in [0, 0.1) is 11.8 Å². The Morgan fingerprint density at radius 3 is 2.26 bits per heavy atom. The van der Waals surface area contributed by atoms with Crippen LogP contribution in [0.5, 0.6) is 0 Å². The Balaban J connectivity index is 1.28. The number of ether oxygens (including phenoxy) is 2. The number of benzene rings is 1. The van der Waals surface area contributed by atoms with E-state index in [1.165, 1.54) is 9.80 Å². The summed E-state index contributed by atoms with van der Waals surface area (Å²) >= 11 is 0. The number of aromatic nitrogens is 2. The quantitative estimate of drug-likeness (QED) is 0.278. The molecule has 15 heteroatoms. The molecule has 0 radical (unpaired) electrons. The van der Waals surface area contributed by atoms with Crippen molar-refractivity contribution in [3.05, 3.63) is 42.1 Å². The predicted molar refractivity (Wildman–Crippen MR) is 182 cm³/mol. The van der Waals surface area contributed by atoms with E-state index in [-0.39, 0.29) is 62.6 Å². The van der Waals surface area contributed by atoms with Crippen molar-refractivity contribution < 1.29 is 38.6 Å². The number of carboxylic acids is 1. The van der Waals surface area contributed by atoms with Gasteiger partial charge in [0.15, 0.2) is 5.82 Å². The van der Waals surface area contributed by atoms with Gasteiger partial charge in [-0.2, -0.15) is 0 Å². The second-order valence-electron chi connectivity index (χ2n) is 13.9. The van der Waals surface area contributed by atoms with Crippen LogP contribution in [0.1, 0.15) is 63.9 Å². The highest BCUT2D eigenvalue weighted by atomic mass is 16.6. The molecule has 270 valence electrons. The van der Waals surface area contributed by atoms with Crippen LogP contribution in [-0.2, 0) is 19.1 Å². The topological polar surface area (TPSA) is 184 Å². The predicted octanol–water partition coefficient (Wildman–Crippen LogP) is 3.15. The number of nitrogens with one attached hydrogen (secondary N) is 2. The number of carbonyl (C=O) groups is 5. The van der Waals surface area contributed by atoms with E-state index in [4.69, 9.17) is 14.5 Å². The van der Waals surface area contributed by atoms with Gasteiger partial charge in [-0.15, -0.1) is 0 Å². The van der Waals surface area contributed by atoms with Gasteiger partial charge in [0.05, 0.1) is 6.61 Å². The van der Waals surface area contributed by atoms with Crippen LogP contribution in [0.15, 0.2) is 36.4 Å². The van der Waals surface area contributed by atoms with Crippen molar-refractivity contribution in [2.24, 2.45) is 11.8 Å². The molecule has 0 spiro atoms. The average molecular weight is 694 g/mol. The maximum absolute atomic E-state index is 13.8. The summed E-state index contributed by atoms with van der Waals surface area (Å²) in [5.74, 6) is -0.909. The summed E-state index contributed by atoms with van der Waals surface area (Å²) in [6, 6.07) is 9.66. The van der Waals surface area contributed by atoms with E-state index in [0.717, 1.165) is 12.8 Å². The number of amides is 4. The van der Waals surface area contributed by atoms with Gasteiger partial charge in [0.1, 0.15) is 23.2 Å². The molecule has 3 heterocycles. The van der Waals surface area contributed by atoms with Crippen molar-refractivity contribution in [3.63, 3.8) is 0 Å². The first-order chi connectivity index (χ1) is 23.8. The van der Waals surface area contributed by atoms with E-state index in [2.05, 4.69) is 15.6 Å². The SMILES string of the molecule is CCCCOC(=O)N1CCN(C(=O)[C@H](CCC(=O)O)NC(=O)c2cc(N3CC4C(NC(=O)OC(C)(C)C)[C@@H]4C3)nc(-c3ccccc3)n2)CC1. The zero-order valence-electron chi connectivity index (χ0n) is 29.1. The van der Waals surface area contributed by atoms with Crippen LogP contribution in [0.2, 0.25) is 0 Å². The highest BCUT2D eigenvalue weighted by molar-refractivity contribution is 5.97. The third-order valence-electron chi connectivity index (χ3n) is 9.00. The zero-order chi connectivity index (χ0) is 36.0. The molecule has 0 bridgehead atoms. The minimum atomic E-state index is -1.13. The van der Waals surface area contributed by atoms with E-state index in [1.807, 2.05) is 62.9 Å². The van der Waals surface area contributed by atoms with Crippen LogP contribution in [0.4, 0.5) is 15.4 Å². The standard InChI is InChI=1S/C35H47N7O8/c1-5-6-18-49-34(48)41-16-14-40(15-17-41)32(46)25(12-13-28(43)44)37-31(45)26-19-27(38-30(36-26)22-10-8-7-9-11-22)42-20-23-24(21-42)29(23)39-33(47)50-35(2,3)4/h7-11,19,23-25,29H,5-6,12-18,20-21H2,1-4H3,(H,37,45)(H,39,47)(H,43,44)/t23-,24?,25+,29?/m1/s1. The molecule has 2 aliphatic heterocycles. The number of unbranched alkanes of at least 4 members (excludes halogenated alkanes) is 1. The third kappa shape index (κ3) is 9.39. The minimum Gasteiger partial charge on any atom is -0.481 e. The lowest BCUT2D eigenvalue weighted by molar-refractivity contribution is -0.138. The largest absolute Gasteiger partial charge is 0.481 e. The fourth-order valence-electron chi connectivity index (χ4n) is 6.28. The Labute approximate surface area is 291 Å². The summed E-state index contributed by atoms with van der Waals surface area (Å²) in [7, 11) is 0. The molecule has 4 atom stereocenters. The number of anilines is 1. The number of fused-ring (bicyclic) bond motifs is 1. The van der Waals surface area contributed by atoms with E-state index in [1.54, 1.807) is 6.07 Å². The number of nitrogens with zero attached hydrogens (tertiary/aromatic N) is 5. The number of rotatable bonds is 12. The summed E-state index contributed by atoms with van der Waals surface area (Å²) in [4.78, 5) is 78.1. The van der Waals surface area contributed by atoms with Crippen LogP contribution in [0.25, 0.3) is 11.4 Å². The second kappa shape index (κ2) is 15.7. The van der Waals surface area contributed by atoms with Crippen molar-refractivity contribution in [2.45, 2.75) is 71.1 Å². The lowest BCUT2D eigenvalue weighted by atomic mass is 10.1. The smallest absolute Gasteiger partial charge is 0.409 e. The van der Waals surface area contributed by atoms with Gasteiger partial charge < -0.3 is 39.9 Å². The molecule has 1 aromatic heterocycles. The highest BCUT2D eigenvalue weighted by Crippen LogP contribution is 2.46. The van der Waals surface area contributed by atoms with Crippen LogP contribution < -0.4 is 15.5 Å². The van der Waals surface area contributed by atoms with Crippen molar-refractivity contribution in [3.8, 4) is 11.4 Å². The normalized spacial score (nSPS) is 20.4. The van der Waals surface area contributed by atoms with E-state index >= 15 is 0 Å². The molecule has 3 aliphatic rings. The fourth-order valence-corrected chi connectivity index (χ4v) is 6.28. The van der Waals surface area contributed by atoms with Gasteiger partial charge in [0, 0.05) is 75.2 Å². The van der Waals surface area contributed by atoms with Gasteiger partial charge in [-0.3, -0.25) is 14.4 Å². The van der Waals surface area contributed by atoms with Gasteiger partial charge in [0.25, 0.3) is 5.91 Å². The second-order valence-corrected chi connectivity index (χ2v) is 13.9. The number of piperazine rings is 1. The molecule has 1 aliphatic carbocycles. The van der Waals surface area contributed by atoms with Crippen LogP contribution >= 0.6 is 0 Å². The van der Waals surface area contributed by atoms with Crippen molar-refractivity contribution in [1.29, 1.82) is 0 Å². The van der Waals surface area contributed by atoms with Gasteiger partial charge in [-0.1, -0.05) is 43.7 Å². The average Bonchev–Trinajstić information content (AvgIpc) is 3.49. The number of hydrogen-bond acceptors (Lipinski definition) is 10. The lowest BCUT2D eigenvalue weighted by Gasteiger charge is -2.36. The Hall–Kier alpha value is -4.95. The molecule has 2 aromatic rings. The first kappa shape index (κ1) is 36.3. The summed E-state index contributed by atoms with van der Waals surface area (Å²) in [5.41, 5.74) is 0.133. The van der Waals surface area contributed by atoms with Crippen molar-refractivity contribution in [2.75, 3.05) is 50.8 Å². The molecule has 4 amide bonds. The fraction of sp³-hybridized carbons (Fsp3) is 0.571. The third-order valence-corrected chi connectivity index (χ3v) is 9.00. The van der Waals surface area contributed by atoms with Gasteiger partial charge in [-0.05, 0) is 33.6 Å². The lowest BCUT2D eigenvalue weighted by Crippen LogP contribution is -2.56. The molecule has 3 fully saturated rings. The summed E-state index contributed by atoms with van der Waals surface area (Å²) in [6.07, 6.45) is 0.333. The van der Waals surface area contributed by atoms with E-state index < -0.39 is 41.6 Å². The monoisotopic (exact) mass is 693 g/mol. The first-order valence-electron chi connectivity index (χ1n) is 17.2. The van der Waals surface area contributed by atoms with Crippen molar-refractivity contribution in [1.82, 2.24) is 30.4 Å². The summed E-state index contributed by atoms with van der Waals surface area (Å²) in [5, 5.41) is 15.1. The van der Waals surface area contributed by atoms with E-state index in [0.29, 0.717) is 36.9 Å². The van der Waals surface area contributed by atoms with Gasteiger partial charge in [-0.25, -0.2) is 19.6 Å². The summed E-state index contributed by atoms with van der Waals surface area (Å²) < 4.78 is 10.7. The Bertz CT molecular complexity index is 1550. The molecule has 3 N–H and O–H groups in total. The molecular formula is C35H47N7O8. The number of carboxylic acid groups (broad SMARTS) is 1. The van der Waals surface area contributed by atoms with Gasteiger partial charge >= 0.3 is 18.2 Å². The number of carbonyl (C=O) groups excluding carboxylic acids is 4. The van der Waals surface area contributed by atoms with E-state index in [9.17, 15) is 29.1 Å². The molecule has 1 aromatic carbocycles. The van der Waals surface area contributed by atoms with Crippen LogP contribution in [-0.4, -0.2) is 118 Å². The number of hydrogen-bond donors (Lipinski definition) is 3. The molecule has 2 saturated heterocycles. The number of piperidine rings is 1. The maximum atomic E-state index is 13.8. The number of aliphatic carboxylic acids is 1. The molecule has 15 nitrogen and oxygen atoms in total. The molecule has 5 rings (SSSR count). The molecule has 50 heavy (non-hydrogen) atoms. The Morgan fingerprint density at radius 2 is 1.64 bits per heavy atom. The van der Waals surface area contributed by atoms with Gasteiger partial charge in [0.2, 0.25) is 5.91 Å². The molecule has 2 unspecified atom stereocenters. The number of alkyl carbamates (subject to hydrolysis) is 1. The van der Waals surface area contributed by atoms with Crippen molar-refractivity contribution >= 4 is 35.8 Å². The first-order valence-corrected chi connectivity index (χ1v) is 17.2. The zero-order valence-corrected chi connectivity index (χ0v) is 29.1. The molecular weight excluding hydrogens is 646 g/mol. The summed E-state index contributed by atoms with van der Waals surface area (Å²) in [6.45, 7) is 9.96. The Kier molecular flexibility index (Phi) is 11.4.